The van der Waals surface area contributed by atoms with E-state index in [1.807, 2.05) is 6.07 Å². The van der Waals surface area contributed by atoms with Gasteiger partial charge in [0.1, 0.15) is 5.69 Å². The zero-order chi connectivity index (χ0) is 11.1. The molecule has 0 saturated carbocycles. The second-order valence-corrected chi connectivity index (χ2v) is 4.58. The third-order valence-corrected chi connectivity index (χ3v) is 2.81. The maximum absolute atomic E-state index is 10.8. The van der Waals surface area contributed by atoms with Gasteiger partial charge in [-0.2, -0.15) is 0 Å². The van der Waals surface area contributed by atoms with E-state index < -0.39 is 0 Å². The van der Waals surface area contributed by atoms with Crippen LogP contribution in [0.15, 0.2) is 18.2 Å². The Bertz CT molecular complexity index is 413. The average Bonchev–Trinajstić information content (AvgIpc) is 2.15. The smallest absolute Gasteiger partial charge is 0.292 e. The van der Waals surface area contributed by atoms with Crippen molar-refractivity contribution in [2.75, 3.05) is 5.32 Å². The molecule has 1 heterocycles. The monoisotopic (exact) mass is 206 g/mol. The molecule has 15 heavy (non-hydrogen) atoms. The van der Waals surface area contributed by atoms with Crippen LogP contribution in [0.5, 0.6) is 0 Å². The summed E-state index contributed by atoms with van der Waals surface area (Å²) in [7, 11) is 0. The van der Waals surface area contributed by atoms with E-state index >= 15 is 0 Å². The summed E-state index contributed by atoms with van der Waals surface area (Å²) < 4.78 is 0. The summed E-state index contributed by atoms with van der Waals surface area (Å²) in [5, 5.41) is 14.1. The molecule has 0 bridgehead atoms. The number of fused-ring (bicyclic) bond motifs is 1. The SMILES string of the molecule is CC1(C)CCc2cccc([N+](=O)[O-])c2N1. The van der Waals surface area contributed by atoms with Crippen molar-refractivity contribution < 1.29 is 4.92 Å². The van der Waals surface area contributed by atoms with Crippen LogP contribution in [0.2, 0.25) is 0 Å². The Balaban J connectivity index is 2.50. The lowest BCUT2D eigenvalue weighted by Gasteiger charge is -2.33. The summed E-state index contributed by atoms with van der Waals surface area (Å²) in [5.41, 5.74) is 1.86. The number of anilines is 1. The number of aryl methyl sites for hydroxylation is 1. The maximum Gasteiger partial charge on any atom is 0.292 e. The van der Waals surface area contributed by atoms with Gasteiger partial charge in [-0.05, 0) is 32.3 Å². The van der Waals surface area contributed by atoms with E-state index in [4.69, 9.17) is 0 Å². The molecule has 1 N–H and O–H groups in total. The lowest BCUT2D eigenvalue weighted by molar-refractivity contribution is -0.384. The molecule has 1 aliphatic rings. The molecule has 4 heteroatoms. The standard InChI is InChI=1S/C11H14N2O2/c1-11(2)7-6-8-4-3-5-9(13(14)15)10(8)12-11/h3-5,12H,6-7H2,1-2H3. The van der Waals surface area contributed by atoms with Crippen LogP contribution in [-0.4, -0.2) is 10.5 Å². The minimum atomic E-state index is -0.326. The summed E-state index contributed by atoms with van der Waals surface area (Å²) in [6.45, 7) is 4.12. The quantitative estimate of drug-likeness (QED) is 0.567. The molecule has 0 saturated heterocycles. The number of nitrogens with one attached hydrogen (secondary N) is 1. The fraction of sp³-hybridized carbons (Fsp3) is 0.455. The molecular weight excluding hydrogens is 192 g/mol. The molecule has 0 spiro atoms. The van der Waals surface area contributed by atoms with E-state index in [1.165, 1.54) is 0 Å². The van der Waals surface area contributed by atoms with Crippen molar-refractivity contribution in [2.45, 2.75) is 32.2 Å². The normalized spacial score (nSPS) is 17.7. The predicted octanol–water partition coefficient (Wildman–Crippen LogP) is 2.73. The minimum absolute atomic E-state index is 0.0564. The Hall–Kier alpha value is -1.58. The van der Waals surface area contributed by atoms with Gasteiger partial charge in [-0.25, -0.2) is 0 Å². The molecule has 0 atom stereocenters. The summed E-state index contributed by atoms with van der Waals surface area (Å²) in [5.74, 6) is 0. The Morgan fingerprint density at radius 3 is 2.87 bits per heavy atom. The highest BCUT2D eigenvalue weighted by molar-refractivity contribution is 5.68. The van der Waals surface area contributed by atoms with Gasteiger partial charge < -0.3 is 5.32 Å². The highest BCUT2D eigenvalue weighted by Crippen LogP contribution is 2.36. The van der Waals surface area contributed by atoms with Gasteiger partial charge in [0.25, 0.3) is 5.69 Å². The zero-order valence-corrected chi connectivity index (χ0v) is 8.91. The van der Waals surface area contributed by atoms with Crippen LogP contribution in [0.3, 0.4) is 0 Å². The van der Waals surface area contributed by atoms with E-state index in [2.05, 4.69) is 19.2 Å². The van der Waals surface area contributed by atoms with Gasteiger partial charge in [-0.1, -0.05) is 12.1 Å². The first kappa shape index (κ1) is 9.96. The highest BCUT2D eigenvalue weighted by Gasteiger charge is 2.29. The minimum Gasteiger partial charge on any atom is -0.374 e. The Kier molecular flexibility index (Phi) is 2.14. The molecule has 1 aliphatic heterocycles. The number of nitrogens with zero attached hydrogens (tertiary/aromatic N) is 1. The lowest BCUT2D eigenvalue weighted by Crippen LogP contribution is -2.35. The number of nitro groups is 1. The molecule has 0 unspecified atom stereocenters. The summed E-state index contributed by atoms with van der Waals surface area (Å²) >= 11 is 0. The summed E-state index contributed by atoms with van der Waals surface area (Å²) in [6, 6.07) is 5.24. The number of hydrogen-bond donors (Lipinski definition) is 1. The number of para-hydroxylation sites is 1. The average molecular weight is 206 g/mol. The maximum atomic E-state index is 10.8. The second kappa shape index (κ2) is 3.22. The van der Waals surface area contributed by atoms with Crippen LogP contribution >= 0.6 is 0 Å². The fourth-order valence-corrected chi connectivity index (χ4v) is 1.94. The van der Waals surface area contributed by atoms with Crippen LogP contribution in [0.4, 0.5) is 11.4 Å². The number of rotatable bonds is 1. The lowest BCUT2D eigenvalue weighted by atomic mass is 9.89. The van der Waals surface area contributed by atoms with Gasteiger partial charge >= 0.3 is 0 Å². The van der Waals surface area contributed by atoms with E-state index in [0.29, 0.717) is 5.69 Å². The molecule has 0 radical (unpaired) electrons. The molecule has 0 aromatic heterocycles. The van der Waals surface area contributed by atoms with Gasteiger partial charge in [-0.3, -0.25) is 10.1 Å². The first-order valence-corrected chi connectivity index (χ1v) is 5.04. The fourth-order valence-electron chi connectivity index (χ4n) is 1.94. The van der Waals surface area contributed by atoms with Crippen LogP contribution in [0, 0.1) is 10.1 Å². The molecule has 0 amide bonds. The van der Waals surface area contributed by atoms with E-state index in [9.17, 15) is 10.1 Å². The van der Waals surface area contributed by atoms with Crippen molar-refractivity contribution in [3.05, 3.63) is 33.9 Å². The van der Waals surface area contributed by atoms with Gasteiger partial charge in [-0.15, -0.1) is 0 Å². The second-order valence-electron chi connectivity index (χ2n) is 4.58. The van der Waals surface area contributed by atoms with E-state index in [0.717, 1.165) is 18.4 Å². The number of hydrogen-bond acceptors (Lipinski definition) is 3. The Labute approximate surface area is 88.5 Å². The molecule has 0 aliphatic carbocycles. The first-order chi connectivity index (χ1) is 6.99. The van der Waals surface area contributed by atoms with Gasteiger partial charge in [0, 0.05) is 11.6 Å². The van der Waals surface area contributed by atoms with Crippen molar-refractivity contribution in [3.8, 4) is 0 Å². The molecule has 1 aromatic rings. The van der Waals surface area contributed by atoms with E-state index in [1.54, 1.807) is 12.1 Å². The number of nitro benzene ring substituents is 1. The summed E-state index contributed by atoms with van der Waals surface area (Å²) in [4.78, 5) is 10.5. The third kappa shape index (κ3) is 1.79. The highest BCUT2D eigenvalue weighted by atomic mass is 16.6. The Morgan fingerprint density at radius 2 is 2.20 bits per heavy atom. The summed E-state index contributed by atoms with van der Waals surface area (Å²) in [6.07, 6.45) is 1.90. The molecular formula is C11H14N2O2. The van der Waals surface area contributed by atoms with Crippen molar-refractivity contribution >= 4 is 11.4 Å². The van der Waals surface area contributed by atoms with Crippen LogP contribution in [-0.2, 0) is 6.42 Å². The largest absolute Gasteiger partial charge is 0.374 e. The van der Waals surface area contributed by atoms with Gasteiger partial charge in [0.15, 0.2) is 0 Å². The van der Waals surface area contributed by atoms with Gasteiger partial charge in [0.05, 0.1) is 4.92 Å². The first-order valence-electron chi connectivity index (χ1n) is 5.04. The molecule has 1 aromatic carbocycles. The zero-order valence-electron chi connectivity index (χ0n) is 8.91. The third-order valence-electron chi connectivity index (χ3n) is 2.81. The predicted molar refractivity (Wildman–Crippen MR) is 59.1 cm³/mol. The van der Waals surface area contributed by atoms with Crippen molar-refractivity contribution in [1.82, 2.24) is 0 Å². The van der Waals surface area contributed by atoms with Gasteiger partial charge in [0.2, 0.25) is 0 Å². The molecule has 0 fully saturated rings. The van der Waals surface area contributed by atoms with Crippen molar-refractivity contribution in [2.24, 2.45) is 0 Å². The van der Waals surface area contributed by atoms with Crippen molar-refractivity contribution in [1.29, 1.82) is 0 Å². The van der Waals surface area contributed by atoms with Crippen LogP contribution in [0.25, 0.3) is 0 Å². The molecule has 80 valence electrons. The molecule has 2 rings (SSSR count). The van der Waals surface area contributed by atoms with Crippen molar-refractivity contribution in [3.63, 3.8) is 0 Å². The van der Waals surface area contributed by atoms with E-state index in [-0.39, 0.29) is 16.1 Å². The number of benzene rings is 1. The topological polar surface area (TPSA) is 55.2 Å². The molecule has 4 nitrogen and oxygen atoms in total. The Morgan fingerprint density at radius 1 is 1.47 bits per heavy atom. The van der Waals surface area contributed by atoms with Crippen LogP contribution < -0.4 is 5.32 Å². The van der Waals surface area contributed by atoms with Crippen LogP contribution in [0.1, 0.15) is 25.8 Å².